The Morgan fingerprint density at radius 1 is 1.69 bits per heavy atom. The van der Waals surface area contributed by atoms with Gasteiger partial charge in [-0.3, -0.25) is 5.32 Å². The van der Waals surface area contributed by atoms with Gasteiger partial charge in [0, 0.05) is 12.3 Å². The first-order valence-corrected chi connectivity index (χ1v) is 3.20. The molecule has 0 aliphatic carbocycles. The zero-order valence-electron chi connectivity index (χ0n) is 6.39. The molecule has 1 heterocycles. The minimum absolute atomic E-state index is 0.0102. The maximum absolute atomic E-state index is 10.4. The summed E-state index contributed by atoms with van der Waals surface area (Å²) in [5, 5.41) is 2.13. The fourth-order valence-corrected chi connectivity index (χ4v) is 0.629. The van der Waals surface area contributed by atoms with Gasteiger partial charge >= 0.3 is 6.03 Å². The third kappa shape index (κ3) is 2.68. The summed E-state index contributed by atoms with van der Waals surface area (Å²) in [6.07, 6.45) is 2.63. The third-order valence-electron chi connectivity index (χ3n) is 1.04. The number of primary amides is 1. The van der Waals surface area contributed by atoms with Gasteiger partial charge in [0.25, 0.3) is 0 Å². The normalized spacial score (nSPS) is 8.62. The van der Waals surface area contributed by atoms with Crippen molar-refractivity contribution in [3.63, 3.8) is 0 Å². The molecule has 0 aliphatic heterocycles. The Morgan fingerprint density at radius 3 is 3.08 bits per heavy atom. The van der Waals surface area contributed by atoms with Crippen LogP contribution in [0.4, 0.5) is 16.6 Å². The van der Waals surface area contributed by atoms with Crippen LogP contribution in [0.15, 0.2) is 17.3 Å². The predicted octanol–water partition coefficient (Wildman–Crippen LogP) is -0.0655. The number of aliphatic imine (C=N–C) groups is 1. The fourth-order valence-electron chi connectivity index (χ4n) is 0.629. The summed E-state index contributed by atoms with van der Waals surface area (Å²) in [4.78, 5) is 30.7. The molecule has 0 saturated heterocycles. The number of hydrogen-bond donors (Lipinski definition) is 2. The minimum Gasteiger partial charge on any atom is -0.351 e. The van der Waals surface area contributed by atoms with E-state index in [0.717, 1.165) is 0 Å². The van der Waals surface area contributed by atoms with Gasteiger partial charge in [0.1, 0.15) is 0 Å². The molecule has 66 valence electrons. The minimum atomic E-state index is -0.785. The predicted molar refractivity (Wildman–Crippen MR) is 43.0 cm³/mol. The Kier molecular flexibility index (Phi) is 2.67. The van der Waals surface area contributed by atoms with Crippen LogP contribution >= 0.6 is 0 Å². The molecule has 0 saturated carbocycles. The van der Waals surface area contributed by atoms with Crippen LogP contribution in [0, 0.1) is 0 Å². The topological polar surface area (TPSA) is 110 Å². The number of hydrogen-bond acceptors (Lipinski definition) is 5. The van der Waals surface area contributed by atoms with Crippen LogP contribution in [-0.2, 0) is 4.79 Å². The van der Waals surface area contributed by atoms with Crippen LogP contribution in [0.3, 0.4) is 0 Å². The molecule has 1 aromatic heterocycles. The molecule has 0 atom stereocenters. The van der Waals surface area contributed by atoms with Crippen molar-refractivity contribution in [1.29, 1.82) is 0 Å². The molecule has 1 rings (SSSR count). The lowest BCUT2D eigenvalue weighted by Crippen LogP contribution is -2.20. The molecule has 2 amide bonds. The van der Waals surface area contributed by atoms with E-state index < -0.39 is 6.03 Å². The number of anilines is 1. The summed E-state index contributed by atoms with van der Waals surface area (Å²) >= 11 is 0. The van der Waals surface area contributed by atoms with Gasteiger partial charge in [-0.05, 0) is 0 Å². The number of aromatic nitrogens is 2. The van der Waals surface area contributed by atoms with E-state index in [4.69, 9.17) is 5.73 Å². The van der Waals surface area contributed by atoms with Crippen LogP contribution in [0.25, 0.3) is 0 Å². The molecule has 0 fully saturated rings. The molecule has 7 nitrogen and oxygen atoms in total. The average Bonchev–Trinajstić information content (AvgIpc) is 2.04. The maximum Gasteiger partial charge on any atom is 0.319 e. The zero-order chi connectivity index (χ0) is 9.68. The van der Waals surface area contributed by atoms with Crippen LogP contribution < -0.4 is 11.1 Å². The highest BCUT2D eigenvalue weighted by molar-refractivity contribution is 5.85. The smallest absolute Gasteiger partial charge is 0.319 e. The largest absolute Gasteiger partial charge is 0.351 e. The number of carbonyl (C=O) groups is 1. The van der Waals surface area contributed by atoms with Crippen molar-refractivity contribution in [2.24, 2.45) is 10.7 Å². The van der Waals surface area contributed by atoms with Crippen LogP contribution in [0.5, 0.6) is 0 Å². The van der Waals surface area contributed by atoms with Gasteiger partial charge in [0.05, 0.1) is 0 Å². The zero-order valence-corrected chi connectivity index (χ0v) is 6.39. The molecular weight excluding hydrogens is 174 g/mol. The summed E-state index contributed by atoms with van der Waals surface area (Å²) in [7, 11) is 0. The summed E-state index contributed by atoms with van der Waals surface area (Å²) in [5.41, 5.74) is 4.81. The van der Waals surface area contributed by atoms with Gasteiger partial charge in [0.2, 0.25) is 12.0 Å². The Balaban J connectivity index is 2.91. The van der Waals surface area contributed by atoms with E-state index in [2.05, 4.69) is 20.3 Å². The van der Waals surface area contributed by atoms with Crippen LogP contribution in [-0.4, -0.2) is 22.1 Å². The van der Waals surface area contributed by atoms with Crippen LogP contribution in [0.2, 0.25) is 0 Å². The fraction of sp³-hybridized carbons (Fsp3) is 0. The number of amides is 2. The van der Waals surface area contributed by atoms with E-state index in [1.54, 1.807) is 0 Å². The number of carbonyl (C=O) groups excluding carboxylic acids is 2. The first kappa shape index (κ1) is 8.82. The van der Waals surface area contributed by atoms with Gasteiger partial charge in [-0.2, -0.15) is 4.98 Å². The van der Waals surface area contributed by atoms with E-state index in [1.807, 2.05) is 0 Å². The van der Waals surface area contributed by atoms with Crippen molar-refractivity contribution in [3.05, 3.63) is 12.3 Å². The molecule has 1 aromatic rings. The standard InChI is InChI=1S/C6H5N5O2/c7-5(13)11-6-8-2-1-4(10-6)9-3-12/h1-2H,(H3,7,8,10,11,13). The van der Waals surface area contributed by atoms with Gasteiger partial charge in [-0.1, -0.05) is 0 Å². The Bertz CT molecular complexity index is 371. The monoisotopic (exact) mass is 179 g/mol. The lowest BCUT2D eigenvalue weighted by atomic mass is 10.6. The molecule has 7 heteroatoms. The summed E-state index contributed by atoms with van der Waals surface area (Å²) in [6, 6.07) is 0.601. The molecule has 13 heavy (non-hydrogen) atoms. The van der Waals surface area contributed by atoms with E-state index in [9.17, 15) is 9.59 Å². The number of nitrogens with two attached hydrogens (primary N) is 1. The van der Waals surface area contributed by atoms with Crippen molar-refractivity contribution < 1.29 is 9.59 Å². The number of nitrogens with zero attached hydrogens (tertiary/aromatic N) is 3. The molecule has 0 unspecified atom stereocenters. The molecule has 0 bridgehead atoms. The Hall–Kier alpha value is -2.27. The van der Waals surface area contributed by atoms with Gasteiger partial charge in [-0.25, -0.2) is 14.6 Å². The van der Waals surface area contributed by atoms with E-state index in [0.29, 0.717) is 0 Å². The van der Waals surface area contributed by atoms with E-state index >= 15 is 0 Å². The number of nitrogens with one attached hydrogen (secondary N) is 1. The lowest BCUT2D eigenvalue weighted by molar-refractivity contribution is 0.259. The number of urea groups is 1. The number of isocyanates is 1. The first-order valence-electron chi connectivity index (χ1n) is 3.20. The molecule has 3 N–H and O–H groups in total. The van der Waals surface area contributed by atoms with Gasteiger partial charge in [0.15, 0.2) is 5.82 Å². The second kappa shape index (κ2) is 3.93. The highest BCUT2D eigenvalue weighted by atomic mass is 16.2. The number of rotatable bonds is 2. The first-order chi connectivity index (χ1) is 6.22. The van der Waals surface area contributed by atoms with E-state index in [1.165, 1.54) is 18.3 Å². The quantitative estimate of drug-likeness (QED) is 0.489. The summed E-state index contributed by atoms with van der Waals surface area (Å²) in [6.45, 7) is 0. The molecule has 0 aliphatic rings. The van der Waals surface area contributed by atoms with Crippen molar-refractivity contribution in [2.45, 2.75) is 0 Å². The summed E-state index contributed by atoms with van der Waals surface area (Å²) < 4.78 is 0. The maximum atomic E-state index is 10.4. The third-order valence-corrected chi connectivity index (χ3v) is 1.04. The average molecular weight is 179 g/mol. The van der Waals surface area contributed by atoms with Crippen LogP contribution in [0.1, 0.15) is 0 Å². The molecule has 0 radical (unpaired) electrons. The lowest BCUT2D eigenvalue weighted by Gasteiger charge is -1.97. The molecule has 0 spiro atoms. The van der Waals surface area contributed by atoms with Crippen molar-refractivity contribution in [2.75, 3.05) is 5.32 Å². The SMILES string of the molecule is NC(=O)Nc1nccc(N=C=O)n1. The van der Waals surface area contributed by atoms with Crippen molar-refractivity contribution >= 4 is 23.9 Å². The van der Waals surface area contributed by atoms with Crippen molar-refractivity contribution in [3.8, 4) is 0 Å². The Morgan fingerprint density at radius 2 is 2.46 bits per heavy atom. The van der Waals surface area contributed by atoms with Gasteiger partial charge < -0.3 is 5.73 Å². The second-order valence-corrected chi connectivity index (χ2v) is 1.93. The highest BCUT2D eigenvalue weighted by Crippen LogP contribution is 2.07. The molecular formula is C6H5N5O2. The Labute approximate surface area is 72.7 Å². The molecule has 0 aromatic carbocycles. The van der Waals surface area contributed by atoms with E-state index in [-0.39, 0.29) is 11.8 Å². The second-order valence-electron chi connectivity index (χ2n) is 1.93. The van der Waals surface area contributed by atoms with Gasteiger partial charge in [-0.15, -0.1) is 4.99 Å². The van der Waals surface area contributed by atoms with Crippen molar-refractivity contribution in [1.82, 2.24) is 9.97 Å². The highest BCUT2D eigenvalue weighted by Gasteiger charge is 1.99. The summed E-state index contributed by atoms with van der Waals surface area (Å²) in [5.74, 6) is 0.0951.